The molecular weight excluding hydrogens is 348 g/mol. The van der Waals surface area contributed by atoms with Crippen LogP contribution in [0.5, 0.6) is 5.75 Å². The van der Waals surface area contributed by atoms with Crippen molar-refractivity contribution < 1.29 is 24.2 Å². The monoisotopic (exact) mass is 378 g/mol. The van der Waals surface area contributed by atoms with Gasteiger partial charge in [0.05, 0.1) is 19.3 Å². The smallest absolute Gasteiger partial charge is 0.317 e. The standard InChI is InChI=1S/C20H30N2O5/c1-14(2)16-6-5-7-17(10-16)27-15(3)20(25)22-8-9-26-18(12-22)11-21(4)13-19(23)24/h5-7,10,14-15,18H,8-9,11-13H2,1-4H3,(H,23,24)/t15-,18-/m1/s1. The molecule has 1 heterocycles. The maximum atomic E-state index is 12.8. The number of carboxylic acid groups (broad SMARTS) is 1. The average Bonchev–Trinajstić information content (AvgIpc) is 2.60. The van der Waals surface area contributed by atoms with E-state index in [1.54, 1.807) is 23.8 Å². The zero-order valence-electron chi connectivity index (χ0n) is 16.6. The van der Waals surface area contributed by atoms with Gasteiger partial charge in [-0.05, 0) is 37.6 Å². The van der Waals surface area contributed by atoms with Gasteiger partial charge in [0.25, 0.3) is 5.91 Å². The molecule has 0 aliphatic carbocycles. The normalized spacial score (nSPS) is 18.6. The van der Waals surface area contributed by atoms with E-state index in [4.69, 9.17) is 14.6 Å². The van der Waals surface area contributed by atoms with Crippen molar-refractivity contribution in [1.82, 2.24) is 9.80 Å². The molecule has 0 spiro atoms. The fourth-order valence-electron chi connectivity index (χ4n) is 3.13. The van der Waals surface area contributed by atoms with E-state index in [-0.39, 0.29) is 18.6 Å². The lowest BCUT2D eigenvalue weighted by Gasteiger charge is -2.35. The molecule has 0 aromatic heterocycles. The van der Waals surface area contributed by atoms with E-state index in [1.807, 2.05) is 24.3 Å². The van der Waals surface area contributed by atoms with Crippen LogP contribution in [0.25, 0.3) is 0 Å². The number of carbonyl (C=O) groups excluding carboxylic acids is 1. The number of hydrogen-bond acceptors (Lipinski definition) is 5. The number of morpholine rings is 1. The Labute approximate surface area is 160 Å². The molecule has 7 nitrogen and oxygen atoms in total. The average molecular weight is 378 g/mol. The molecule has 2 atom stereocenters. The van der Waals surface area contributed by atoms with Gasteiger partial charge in [-0.2, -0.15) is 0 Å². The molecule has 0 radical (unpaired) electrons. The summed E-state index contributed by atoms with van der Waals surface area (Å²) < 4.78 is 11.6. The number of benzene rings is 1. The first kappa shape index (κ1) is 21.2. The van der Waals surface area contributed by atoms with E-state index in [1.165, 1.54) is 5.56 Å². The number of hydrogen-bond donors (Lipinski definition) is 1. The Bertz CT molecular complexity index is 649. The summed E-state index contributed by atoms with van der Waals surface area (Å²) in [6.45, 7) is 7.77. The number of amides is 1. The van der Waals surface area contributed by atoms with Gasteiger partial charge in [-0.1, -0.05) is 26.0 Å². The van der Waals surface area contributed by atoms with Crippen LogP contribution < -0.4 is 4.74 Å². The predicted octanol–water partition coefficient (Wildman–Crippen LogP) is 1.82. The molecule has 2 rings (SSSR count). The Balaban J connectivity index is 1.91. The van der Waals surface area contributed by atoms with Crippen LogP contribution in [0.15, 0.2) is 24.3 Å². The lowest BCUT2D eigenvalue weighted by Crippen LogP contribution is -2.52. The predicted molar refractivity (Wildman–Crippen MR) is 102 cm³/mol. The number of nitrogens with zero attached hydrogens (tertiary/aromatic N) is 2. The van der Waals surface area contributed by atoms with Crippen LogP contribution in [-0.2, 0) is 14.3 Å². The van der Waals surface area contributed by atoms with Gasteiger partial charge in [0.15, 0.2) is 6.10 Å². The highest BCUT2D eigenvalue weighted by molar-refractivity contribution is 5.81. The molecule has 1 aromatic carbocycles. The van der Waals surface area contributed by atoms with Gasteiger partial charge >= 0.3 is 5.97 Å². The van der Waals surface area contributed by atoms with Crippen molar-refractivity contribution in [1.29, 1.82) is 0 Å². The molecule has 7 heteroatoms. The van der Waals surface area contributed by atoms with Gasteiger partial charge in [-0.25, -0.2) is 0 Å². The second-order valence-corrected chi connectivity index (χ2v) is 7.35. The summed E-state index contributed by atoms with van der Waals surface area (Å²) in [6, 6.07) is 7.81. The van der Waals surface area contributed by atoms with Crippen LogP contribution in [0.4, 0.5) is 0 Å². The summed E-state index contributed by atoms with van der Waals surface area (Å²) in [7, 11) is 1.73. The minimum atomic E-state index is -0.883. The second-order valence-electron chi connectivity index (χ2n) is 7.35. The number of ether oxygens (including phenoxy) is 2. The molecule has 150 valence electrons. The Morgan fingerprint density at radius 2 is 2.11 bits per heavy atom. The summed E-state index contributed by atoms with van der Waals surface area (Å²) in [4.78, 5) is 27.0. The summed E-state index contributed by atoms with van der Waals surface area (Å²) in [6.07, 6.45) is -0.800. The molecule has 1 aromatic rings. The quantitative estimate of drug-likeness (QED) is 0.743. The minimum Gasteiger partial charge on any atom is -0.481 e. The Hall–Kier alpha value is -2.12. The van der Waals surface area contributed by atoms with Crippen LogP contribution in [0, 0.1) is 0 Å². The molecule has 1 amide bonds. The lowest BCUT2D eigenvalue weighted by atomic mass is 10.0. The topological polar surface area (TPSA) is 79.3 Å². The summed E-state index contributed by atoms with van der Waals surface area (Å²) in [5.41, 5.74) is 1.17. The van der Waals surface area contributed by atoms with Crippen molar-refractivity contribution >= 4 is 11.9 Å². The summed E-state index contributed by atoms with van der Waals surface area (Å²) in [5.74, 6) is 0.112. The van der Waals surface area contributed by atoms with E-state index < -0.39 is 12.1 Å². The molecule has 1 aliphatic rings. The fourth-order valence-corrected chi connectivity index (χ4v) is 3.13. The summed E-state index contributed by atoms with van der Waals surface area (Å²) in [5, 5.41) is 8.86. The van der Waals surface area contributed by atoms with Crippen molar-refractivity contribution in [2.24, 2.45) is 0 Å². The lowest BCUT2D eigenvalue weighted by molar-refractivity contribution is -0.147. The maximum absolute atomic E-state index is 12.8. The number of carboxylic acids is 1. The third-order valence-electron chi connectivity index (χ3n) is 4.56. The molecule has 1 fully saturated rings. The van der Waals surface area contributed by atoms with E-state index in [0.717, 1.165) is 0 Å². The number of aliphatic carboxylic acids is 1. The van der Waals surface area contributed by atoms with E-state index in [9.17, 15) is 9.59 Å². The zero-order chi connectivity index (χ0) is 20.0. The highest BCUT2D eigenvalue weighted by Gasteiger charge is 2.29. The van der Waals surface area contributed by atoms with Crippen LogP contribution in [0.1, 0.15) is 32.3 Å². The van der Waals surface area contributed by atoms with Crippen LogP contribution in [-0.4, -0.2) is 78.8 Å². The number of carbonyl (C=O) groups is 2. The van der Waals surface area contributed by atoms with E-state index in [0.29, 0.717) is 37.9 Å². The first-order valence-electron chi connectivity index (χ1n) is 9.33. The van der Waals surface area contributed by atoms with Gasteiger partial charge in [0, 0.05) is 19.6 Å². The van der Waals surface area contributed by atoms with Gasteiger partial charge in [-0.15, -0.1) is 0 Å². The van der Waals surface area contributed by atoms with E-state index >= 15 is 0 Å². The molecular formula is C20H30N2O5. The minimum absolute atomic E-state index is 0.0560. The SMILES string of the molecule is CC(C)c1cccc(O[C@H](C)C(=O)N2CCO[C@H](CN(C)CC(=O)O)C2)c1. The molecule has 0 unspecified atom stereocenters. The molecule has 1 aliphatic heterocycles. The zero-order valence-corrected chi connectivity index (χ0v) is 16.6. The maximum Gasteiger partial charge on any atom is 0.317 e. The van der Waals surface area contributed by atoms with Gasteiger partial charge in [0.2, 0.25) is 0 Å². The molecule has 1 N–H and O–H groups in total. The Morgan fingerprint density at radius 1 is 1.37 bits per heavy atom. The summed E-state index contributed by atoms with van der Waals surface area (Å²) >= 11 is 0. The van der Waals surface area contributed by atoms with Crippen molar-refractivity contribution in [3.63, 3.8) is 0 Å². The molecule has 0 bridgehead atoms. The molecule has 1 saturated heterocycles. The highest BCUT2D eigenvalue weighted by Crippen LogP contribution is 2.21. The number of rotatable bonds is 8. The fraction of sp³-hybridized carbons (Fsp3) is 0.600. The van der Waals surface area contributed by atoms with Crippen molar-refractivity contribution in [2.75, 3.05) is 39.8 Å². The van der Waals surface area contributed by atoms with Gasteiger partial charge in [0.1, 0.15) is 5.75 Å². The van der Waals surface area contributed by atoms with Crippen molar-refractivity contribution in [3.05, 3.63) is 29.8 Å². The highest BCUT2D eigenvalue weighted by atomic mass is 16.5. The Kier molecular flexibility index (Phi) is 7.62. The van der Waals surface area contributed by atoms with Crippen molar-refractivity contribution in [3.8, 4) is 5.75 Å². The van der Waals surface area contributed by atoms with Crippen LogP contribution in [0.3, 0.4) is 0 Å². The van der Waals surface area contributed by atoms with Gasteiger partial charge in [-0.3, -0.25) is 14.5 Å². The largest absolute Gasteiger partial charge is 0.481 e. The first-order valence-corrected chi connectivity index (χ1v) is 9.33. The van der Waals surface area contributed by atoms with Gasteiger partial charge < -0.3 is 19.5 Å². The second kappa shape index (κ2) is 9.71. The third kappa shape index (κ3) is 6.52. The number of likely N-dealkylation sites (N-methyl/N-ethyl adjacent to an activating group) is 1. The first-order chi connectivity index (χ1) is 12.8. The third-order valence-corrected chi connectivity index (χ3v) is 4.56. The van der Waals surface area contributed by atoms with Crippen LogP contribution in [0.2, 0.25) is 0 Å². The Morgan fingerprint density at radius 3 is 2.78 bits per heavy atom. The van der Waals surface area contributed by atoms with E-state index in [2.05, 4.69) is 13.8 Å². The van der Waals surface area contributed by atoms with Crippen molar-refractivity contribution in [2.45, 2.75) is 38.9 Å². The molecule has 0 saturated carbocycles. The van der Waals surface area contributed by atoms with Crippen LogP contribution >= 0.6 is 0 Å². The molecule has 27 heavy (non-hydrogen) atoms.